The van der Waals surface area contributed by atoms with Crippen molar-refractivity contribution in [2.45, 2.75) is 26.7 Å². The van der Waals surface area contributed by atoms with Crippen LogP contribution in [0.4, 0.5) is 11.5 Å². The maximum absolute atomic E-state index is 12.5. The Morgan fingerprint density at radius 1 is 1.30 bits per heavy atom. The second-order valence-electron chi connectivity index (χ2n) is 5.37. The number of hydrogen-bond acceptors (Lipinski definition) is 4. The number of anilines is 2. The zero-order valence-electron chi connectivity index (χ0n) is 13.6. The number of nitrogens with zero attached hydrogens (tertiary/aromatic N) is 3. The van der Waals surface area contributed by atoms with Crippen molar-refractivity contribution in [3.8, 4) is 0 Å². The molecular weight excluding hydrogens is 312 g/mol. The zero-order chi connectivity index (χ0) is 16.8. The van der Waals surface area contributed by atoms with Gasteiger partial charge in [-0.15, -0.1) is 0 Å². The highest BCUT2D eigenvalue weighted by molar-refractivity contribution is 6.33. The Kier molecular flexibility index (Phi) is 5.93. The summed E-state index contributed by atoms with van der Waals surface area (Å²) in [4.78, 5) is 22.7. The van der Waals surface area contributed by atoms with Crippen LogP contribution in [0.3, 0.4) is 0 Å². The van der Waals surface area contributed by atoms with Crippen LogP contribution in [0.15, 0.2) is 30.3 Å². The first-order valence-corrected chi connectivity index (χ1v) is 8.01. The van der Waals surface area contributed by atoms with Gasteiger partial charge in [-0.05, 0) is 25.5 Å². The van der Waals surface area contributed by atoms with E-state index in [9.17, 15) is 4.79 Å². The number of aryl methyl sites for hydroxylation is 1. The maximum atomic E-state index is 12.5. The quantitative estimate of drug-likeness (QED) is 0.866. The van der Waals surface area contributed by atoms with Crippen LogP contribution in [0.25, 0.3) is 0 Å². The molecule has 2 rings (SSSR count). The average molecular weight is 333 g/mol. The molecule has 0 fully saturated rings. The molecule has 2 aromatic rings. The molecule has 0 bridgehead atoms. The zero-order valence-corrected chi connectivity index (χ0v) is 14.4. The van der Waals surface area contributed by atoms with Gasteiger partial charge in [-0.3, -0.25) is 4.79 Å². The SMILES string of the molecule is CCCCN(C)C(=O)c1cc(Nc2ccccc2Cl)nc(C)n1. The summed E-state index contributed by atoms with van der Waals surface area (Å²) in [5.41, 5.74) is 1.12. The molecule has 1 aromatic carbocycles. The van der Waals surface area contributed by atoms with Crippen LogP contribution in [-0.2, 0) is 0 Å². The van der Waals surface area contributed by atoms with E-state index in [-0.39, 0.29) is 5.91 Å². The predicted octanol–water partition coefficient (Wildman–Crippen LogP) is 4.05. The number of unbranched alkanes of at least 4 members (excludes halogenated alkanes) is 1. The van der Waals surface area contributed by atoms with E-state index in [4.69, 9.17) is 11.6 Å². The van der Waals surface area contributed by atoms with Gasteiger partial charge in [0.2, 0.25) is 0 Å². The van der Waals surface area contributed by atoms with Gasteiger partial charge in [-0.25, -0.2) is 9.97 Å². The lowest BCUT2D eigenvalue weighted by Crippen LogP contribution is -2.28. The number of hydrogen-bond donors (Lipinski definition) is 1. The van der Waals surface area contributed by atoms with E-state index in [1.165, 1.54) is 0 Å². The number of aromatic nitrogens is 2. The minimum absolute atomic E-state index is 0.105. The van der Waals surface area contributed by atoms with Crippen LogP contribution in [0.2, 0.25) is 5.02 Å². The molecule has 0 saturated heterocycles. The van der Waals surface area contributed by atoms with Crippen molar-refractivity contribution in [2.24, 2.45) is 0 Å². The third-order valence-corrected chi connectivity index (χ3v) is 3.72. The largest absolute Gasteiger partial charge is 0.340 e. The highest BCUT2D eigenvalue weighted by Gasteiger charge is 2.15. The van der Waals surface area contributed by atoms with E-state index in [0.29, 0.717) is 28.9 Å². The molecule has 6 heteroatoms. The predicted molar refractivity (Wildman–Crippen MR) is 93.4 cm³/mol. The Bertz CT molecular complexity index is 690. The first kappa shape index (κ1) is 17.2. The number of rotatable bonds is 6. The van der Waals surface area contributed by atoms with Crippen molar-refractivity contribution in [3.63, 3.8) is 0 Å². The van der Waals surface area contributed by atoms with Gasteiger partial charge < -0.3 is 10.2 Å². The number of carbonyl (C=O) groups excluding carboxylic acids is 1. The smallest absolute Gasteiger partial charge is 0.272 e. The lowest BCUT2D eigenvalue weighted by molar-refractivity contribution is 0.0787. The lowest BCUT2D eigenvalue weighted by atomic mass is 10.2. The molecule has 0 aliphatic heterocycles. The third kappa shape index (κ3) is 4.66. The summed E-state index contributed by atoms with van der Waals surface area (Å²) in [7, 11) is 1.79. The number of nitrogens with one attached hydrogen (secondary N) is 1. The highest BCUT2D eigenvalue weighted by atomic mass is 35.5. The molecule has 1 heterocycles. The molecule has 122 valence electrons. The minimum Gasteiger partial charge on any atom is -0.340 e. The van der Waals surface area contributed by atoms with E-state index in [2.05, 4.69) is 22.2 Å². The molecule has 0 saturated carbocycles. The van der Waals surface area contributed by atoms with Crippen molar-refractivity contribution in [1.82, 2.24) is 14.9 Å². The van der Waals surface area contributed by atoms with E-state index >= 15 is 0 Å². The first-order chi connectivity index (χ1) is 11.0. The third-order valence-electron chi connectivity index (χ3n) is 3.39. The van der Waals surface area contributed by atoms with Gasteiger partial charge in [0, 0.05) is 19.7 Å². The molecule has 23 heavy (non-hydrogen) atoms. The van der Waals surface area contributed by atoms with Crippen molar-refractivity contribution in [1.29, 1.82) is 0 Å². The molecule has 0 spiro atoms. The highest BCUT2D eigenvalue weighted by Crippen LogP contribution is 2.24. The average Bonchev–Trinajstić information content (AvgIpc) is 2.53. The van der Waals surface area contributed by atoms with Crippen LogP contribution in [0.1, 0.15) is 36.1 Å². The van der Waals surface area contributed by atoms with Gasteiger partial charge in [0.25, 0.3) is 5.91 Å². The maximum Gasteiger partial charge on any atom is 0.272 e. The summed E-state index contributed by atoms with van der Waals surface area (Å²) in [5, 5.41) is 3.73. The standard InChI is InChI=1S/C17H21ClN4O/c1-4-5-10-22(3)17(23)15-11-16(20-12(2)19-15)21-14-9-7-6-8-13(14)18/h6-9,11H,4-5,10H2,1-3H3,(H,19,20,21). The molecule has 0 aliphatic rings. The molecule has 0 aliphatic carbocycles. The fourth-order valence-electron chi connectivity index (χ4n) is 2.13. The van der Waals surface area contributed by atoms with E-state index in [1.807, 2.05) is 18.2 Å². The fraction of sp³-hybridized carbons (Fsp3) is 0.353. The molecule has 1 amide bonds. The van der Waals surface area contributed by atoms with Crippen LogP contribution < -0.4 is 5.32 Å². The minimum atomic E-state index is -0.105. The van der Waals surface area contributed by atoms with E-state index < -0.39 is 0 Å². The molecule has 0 radical (unpaired) electrons. The molecule has 1 aromatic heterocycles. The number of halogens is 1. The number of para-hydroxylation sites is 1. The van der Waals surface area contributed by atoms with Gasteiger partial charge in [0.1, 0.15) is 17.3 Å². The van der Waals surface area contributed by atoms with Crippen LogP contribution in [0, 0.1) is 6.92 Å². The normalized spacial score (nSPS) is 10.4. The van der Waals surface area contributed by atoms with E-state index in [0.717, 1.165) is 18.5 Å². The summed E-state index contributed by atoms with van der Waals surface area (Å²) in [6.07, 6.45) is 2.01. The Morgan fingerprint density at radius 2 is 2.04 bits per heavy atom. The van der Waals surface area contributed by atoms with Crippen molar-refractivity contribution in [3.05, 3.63) is 46.9 Å². The summed E-state index contributed by atoms with van der Waals surface area (Å²) in [6, 6.07) is 9.04. The van der Waals surface area contributed by atoms with Gasteiger partial charge in [0.05, 0.1) is 10.7 Å². The number of carbonyl (C=O) groups is 1. The summed E-state index contributed by atoms with van der Waals surface area (Å²) in [6.45, 7) is 4.57. The molecule has 0 unspecified atom stereocenters. The van der Waals surface area contributed by atoms with Crippen molar-refractivity contribution >= 4 is 29.0 Å². The summed E-state index contributed by atoms with van der Waals surface area (Å²) >= 11 is 6.14. The van der Waals surface area contributed by atoms with Crippen LogP contribution in [-0.4, -0.2) is 34.4 Å². The Morgan fingerprint density at radius 3 is 2.74 bits per heavy atom. The second kappa shape index (κ2) is 7.92. The number of benzene rings is 1. The second-order valence-corrected chi connectivity index (χ2v) is 5.78. The fourth-order valence-corrected chi connectivity index (χ4v) is 2.32. The Balaban J connectivity index is 2.22. The summed E-state index contributed by atoms with van der Waals surface area (Å²) in [5.74, 6) is 0.985. The van der Waals surface area contributed by atoms with Crippen LogP contribution in [0.5, 0.6) is 0 Å². The van der Waals surface area contributed by atoms with Gasteiger partial charge in [-0.1, -0.05) is 37.1 Å². The van der Waals surface area contributed by atoms with Gasteiger partial charge in [-0.2, -0.15) is 0 Å². The topological polar surface area (TPSA) is 58.1 Å². The first-order valence-electron chi connectivity index (χ1n) is 7.64. The number of amides is 1. The lowest BCUT2D eigenvalue weighted by Gasteiger charge is -2.17. The van der Waals surface area contributed by atoms with Crippen molar-refractivity contribution < 1.29 is 4.79 Å². The Labute approximate surface area is 141 Å². The van der Waals surface area contributed by atoms with E-state index in [1.54, 1.807) is 31.0 Å². The molecular formula is C17H21ClN4O. The molecule has 1 N–H and O–H groups in total. The molecule has 0 atom stereocenters. The summed E-state index contributed by atoms with van der Waals surface area (Å²) < 4.78 is 0. The van der Waals surface area contributed by atoms with Gasteiger partial charge >= 0.3 is 0 Å². The van der Waals surface area contributed by atoms with Crippen molar-refractivity contribution in [2.75, 3.05) is 18.9 Å². The van der Waals surface area contributed by atoms with Gasteiger partial charge in [0.15, 0.2) is 0 Å². The Hall–Kier alpha value is -2.14. The molecule has 5 nitrogen and oxygen atoms in total. The van der Waals surface area contributed by atoms with Crippen LogP contribution >= 0.6 is 11.6 Å². The monoisotopic (exact) mass is 332 g/mol.